The van der Waals surface area contributed by atoms with E-state index in [1.165, 1.54) is 18.4 Å². The van der Waals surface area contributed by atoms with Crippen LogP contribution in [0.25, 0.3) is 11.3 Å². The van der Waals surface area contributed by atoms with E-state index in [9.17, 15) is 9.18 Å². The van der Waals surface area contributed by atoms with Gasteiger partial charge in [0.2, 0.25) is 0 Å². The molecule has 6 nitrogen and oxygen atoms in total. The van der Waals surface area contributed by atoms with Crippen molar-refractivity contribution in [2.24, 2.45) is 0 Å². The summed E-state index contributed by atoms with van der Waals surface area (Å²) in [5.74, 6) is 0.810. The Hall–Kier alpha value is -2.93. The number of carbonyl (C=O) groups is 1. The first-order chi connectivity index (χ1) is 13.1. The molecular formula is C20H18FN3O3. The first kappa shape index (κ1) is 16.3. The predicted octanol–water partition coefficient (Wildman–Crippen LogP) is 3.10. The molecule has 1 atom stereocenters. The topological polar surface area (TPSA) is 60.5 Å². The predicted molar refractivity (Wildman–Crippen MR) is 94.4 cm³/mol. The first-order valence-corrected chi connectivity index (χ1v) is 8.91. The van der Waals surface area contributed by atoms with Gasteiger partial charge >= 0.3 is 0 Å². The van der Waals surface area contributed by atoms with Crippen molar-refractivity contribution in [2.45, 2.75) is 25.2 Å². The Labute approximate surface area is 155 Å². The summed E-state index contributed by atoms with van der Waals surface area (Å²) in [6.07, 6.45) is 4.05. The molecule has 1 aromatic carbocycles. The molecule has 1 saturated heterocycles. The summed E-state index contributed by atoms with van der Waals surface area (Å²) in [7, 11) is 0. The molecule has 0 aliphatic carbocycles. The first-order valence-electron chi connectivity index (χ1n) is 8.91. The summed E-state index contributed by atoms with van der Waals surface area (Å²) in [4.78, 5) is 18.8. The minimum atomic E-state index is -0.440. The zero-order valence-corrected chi connectivity index (χ0v) is 14.6. The van der Waals surface area contributed by atoms with Gasteiger partial charge in [-0.25, -0.2) is 9.37 Å². The Balaban J connectivity index is 1.40. The van der Waals surface area contributed by atoms with E-state index >= 15 is 0 Å². The highest BCUT2D eigenvalue weighted by Crippen LogP contribution is 2.35. The van der Waals surface area contributed by atoms with Gasteiger partial charge in [-0.1, -0.05) is 0 Å². The number of carbonyl (C=O) groups excluding carboxylic acids is 1. The number of imidazole rings is 1. The second-order valence-electron chi connectivity index (χ2n) is 7.08. The van der Waals surface area contributed by atoms with Gasteiger partial charge in [0, 0.05) is 6.54 Å². The van der Waals surface area contributed by atoms with Gasteiger partial charge in [-0.15, -0.1) is 0 Å². The highest BCUT2D eigenvalue weighted by atomic mass is 19.1. The summed E-state index contributed by atoms with van der Waals surface area (Å²) >= 11 is 0. The van der Waals surface area contributed by atoms with E-state index in [0.717, 1.165) is 23.5 Å². The zero-order chi connectivity index (χ0) is 18.4. The fourth-order valence-corrected chi connectivity index (χ4v) is 3.93. The van der Waals surface area contributed by atoms with Crippen molar-refractivity contribution in [3.05, 3.63) is 66.3 Å². The van der Waals surface area contributed by atoms with Crippen LogP contribution in [0.5, 0.6) is 0 Å². The van der Waals surface area contributed by atoms with Crippen molar-refractivity contribution in [2.75, 3.05) is 13.1 Å². The molecule has 3 aromatic rings. The molecule has 0 unspecified atom stereocenters. The third-order valence-corrected chi connectivity index (χ3v) is 5.37. The van der Waals surface area contributed by atoms with Crippen LogP contribution in [-0.2, 0) is 17.9 Å². The summed E-state index contributed by atoms with van der Waals surface area (Å²) < 4.78 is 26.8. The van der Waals surface area contributed by atoms with Crippen LogP contribution >= 0.6 is 0 Å². The number of hydrogen-bond donors (Lipinski definition) is 0. The van der Waals surface area contributed by atoms with Crippen LogP contribution < -0.4 is 0 Å². The van der Waals surface area contributed by atoms with E-state index in [1.54, 1.807) is 35.4 Å². The van der Waals surface area contributed by atoms with Gasteiger partial charge in [-0.3, -0.25) is 4.79 Å². The lowest BCUT2D eigenvalue weighted by Gasteiger charge is -2.35. The normalized spacial score (nSPS) is 21.6. The SMILES string of the molecule is O=C(c1ccco1)N1CC[C@@]2(C1)Cn1c(-c3ccc(F)cc3)cnc1CO2. The van der Waals surface area contributed by atoms with Crippen molar-refractivity contribution in [1.82, 2.24) is 14.5 Å². The van der Waals surface area contributed by atoms with Crippen LogP contribution in [0.3, 0.4) is 0 Å². The molecule has 2 aromatic heterocycles. The maximum absolute atomic E-state index is 13.3. The molecule has 2 aliphatic rings. The molecule has 2 aliphatic heterocycles. The number of halogens is 1. The Morgan fingerprint density at radius 3 is 2.81 bits per heavy atom. The molecule has 1 spiro atoms. The van der Waals surface area contributed by atoms with Crippen LogP contribution in [-0.4, -0.2) is 39.0 Å². The third kappa shape index (κ3) is 2.75. The van der Waals surface area contributed by atoms with E-state index in [1.807, 2.05) is 0 Å². The standard InChI is InChI=1S/C20H18FN3O3/c21-15-5-3-14(4-6-15)16-10-22-18-11-27-20(13-24(16)18)7-8-23(12-20)19(25)17-2-1-9-26-17/h1-6,9-10H,7-8,11-13H2/t20-/m1/s1. The lowest BCUT2D eigenvalue weighted by atomic mass is 10.0. The Kier molecular flexibility index (Phi) is 3.65. The fraction of sp³-hybridized carbons (Fsp3) is 0.300. The third-order valence-electron chi connectivity index (χ3n) is 5.37. The lowest BCUT2D eigenvalue weighted by Crippen LogP contribution is -2.45. The summed E-state index contributed by atoms with van der Waals surface area (Å²) in [6.45, 7) is 2.13. The van der Waals surface area contributed by atoms with Crippen molar-refractivity contribution in [3.8, 4) is 11.3 Å². The number of benzene rings is 1. The fourth-order valence-electron chi connectivity index (χ4n) is 3.93. The number of amides is 1. The Bertz CT molecular complexity index is 981. The molecule has 0 N–H and O–H groups in total. The number of fused-ring (bicyclic) bond motifs is 1. The number of likely N-dealkylation sites (tertiary alicyclic amines) is 1. The van der Waals surface area contributed by atoms with Gasteiger partial charge in [0.25, 0.3) is 5.91 Å². The molecule has 0 saturated carbocycles. The molecule has 0 radical (unpaired) electrons. The molecule has 0 bridgehead atoms. The van der Waals surface area contributed by atoms with Crippen LogP contribution in [0.4, 0.5) is 4.39 Å². The molecule has 138 valence electrons. The Morgan fingerprint density at radius 2 is 2.04 bits per heavy atom. The maximum atomic E-state index is 13.3. The smallest absolute Gasteiger partial charge is 0.289 e. The second kappa shape index (κ2) is 6.06. The summed E-state index contributed by atoms with van der Waals surface area (Å²) in [5, 5.41) is 0. The molecule has 27 heavy (non-hydrogen) atoms. The van der Waals surface area contributed by atoms with E-state index in [-0.39, 0.29) is 11.7 Å². The van der Waals surface area contributed by atoms with Crippen molar-refractivity contribution in [3.63, 3.8) is 0 Å². The molecule has 5 rings (SSSR count). The van der Waals surface area contributed by atoms with Crippen LogP contribution in [0.15, 0.2) is 53.3 Å². The molecule has 4 heterocycles. The monoisotopic (exact) mass is 367 g/mol. The van der Waals surface area contributed by atoms with Gasteiger partial charge in [-0.2, -0.15) is 0 Å². The number of hydrogen-bond acceptors (Lipinski definition) is 4. The average molecular weight is 367 g/mol. The van der Waals surface area contributed by atoms with Gasteiger partial charge in [-0.05, 0) is 48.4 Å². The van der Waals surface area contributed by atoms with Crippen LogP contribution in [0.2, 0.25) is 0 Å². The highest BCUT2D eigenvalue weighted by molar-refractivity contribution is 5.91. The quantitative estimate of drug-likeness (QED) is 0.698. The van der Waals surface area contributed by atoms with Gasteiger partial charge in [0.05, 0.1) is 31.2 Å². The number of furan rings is 1. The van der Waals surface area contributed by atoms with Gasteiger partial charge in [0.1, 0.15) is 23.8 Å². The van der Waals surface area contributed by atoms with Gasteiger partial charge < -0.3 is 18.6 Å². The number of aromatic nitrogens is 2. The lowest BCUT2D eigenvalue weighted by molar-refractivity contribution is -0.0805. The van der Waals surface area contributed by atoms with Crippen LogP contribution in [0.1, 0.15) is 22.8 Å². The van der Waals surface area contributed by atoms with Gasteiger partial charge in [0.15, 0.2) is 5.76 Å². The zero-order valence-electron chi connectivity index (χ0n) is 14.6. The average Bonchev–Trinajstić information content (AvgIpc) is 3.42. The number of nitrogens with zero attached hydrogens (tertiary/aromatic N) is 3. The van der Waals surface area contributed by atoms with Crippen molar-refractivity contribution in [1.29, 1.82) is 0 Å². The summed E-state index contributed by atoms with van der Waals surface area (Å²) in [5.41, 5.74) is 1.40. The largest absolute Gasteiger partial charge is 0.459 e. The van der Waals surface area contributed by atoms with E-state index in [0.29, 0.717) is 32.0 Å². The molecule has 1 amide bonds. The van der Waals surface area contributed by atoms with E-state index in [4.69, 9.17) is 9.15 Å². The van der Waals surface area contributed by atoms with E-state index in [2.05, 4.69) is 9.55 Å². The maximum Gasteiger partial charge on any atom is 0.289 e. The molecule has 1 fully saturated rings. The molecular weight excluding hydrogens is 349 g/mol. The minimum absolute atomic E-state index is 0.115. The summed E-state index contributed by atoms with van der Waals surface area (Å²) in [6, 6.07) is 9.79. The highest BCUT2D eigenvalue weighted by Gasteiger charge is 2.45. The van der Waals surface area contributed by atoms with E-state index < -0.39 is 5.60 Å². The van der Waals surface area contributed by atoms with Crippen molar-refractivity contribution < 1.29 is 18.3 Å². The van der Waals surface area contributed by atoms with Crippen molar-refractivity contribution >= 4 is 5.91 Å². The minimum Gasteiger partial charge on any atom is -0.459 e. The second-order valence-corrected chi connectivity index (χ2v) is 7.08. The van der Waals surface area contributed by atoms with Crippen LogP contribution in [0, 0.1) is 5.82 Å². The molecule has 7 heteroatoms. The number of rotatable bonds is 2. The number of ether oxygens (including phenoxy) is 1. The Morgan fingerprint density at radius 1 is 1.19 bits per heavy atom.